The van der Waals surface area contributed by atoms with Gasteiger partial charge in [0.05, 0.1) is 5.92 Å². The van der Waals surface area contributed by atoms with Crippen LogP contribution in [0.25, 0.3) is 0 Å². The molecule has 0 bridgehead atoms. The minimum atomic E-state index is -0.578. The Balaban J connectivity index is 1.39. The van der Waals surface area contributed by atoms with Gasteiger partial charge in [-0.25, -0.2) is 9.97 Å². The van der Waals surface area contributed by atoms with Crippen LogP contribution in [0, 0.1) is 12.8 Å². The molecule has 3 saturated heterocycles. The molecule has 0 saturated carbocycles. The fourth-order valence-electron chi connectivity index (χ4n) is 5.34. The number of hydrogen-bond donors (Lipinski definition) is 1. The molecule has 4 heterocycles. The van der Waals surface area contributed by atoms with E-state index >= 15 is 0 Å². The number of hydrogen-bond acceptors (Lipinski definition) is 6. The van der Waals surface area contributed by atoms with Crippen LogP contribution in [-0.4, -0.2) is 76.4 Å². The number of rotatable bonds is 4. The molecule has 1 atom stereocenters. The van der Waals surface area contributed by atoms with Crippen molar-refractivity contribution in [2.45, 2.75) is 57.4 Å². The van der Waals surface area contributed by atoms with Crippen molar-refractivity contribution in [1.29, 1.82) is 0 Å². The molecule has 3 fully saturated rings. The van der Waals surface area contributed by atoms with Crippen LogP contribution in [0.1, 0.15) is 50.6 Å². The number of aromatic nitrogens is 2. The Bertz CT molecular complexity index is 771. The smallest absolute Gasteiger partial charge is 0.238 e. The monoisotopic (exact) mass is 414 g/mol. The standard InChI is InChI=1S/C22H34N6O2/c1-17-7-10-24-21(25-17)27-11-5-6-18(16-27)19(29)26-14-8-22(9-15-26,20(23)30)28-12-3-2-4-13-28/h7,10,18H,2-6,8-9,11-16H2,1H3,(H2,23,30)/t18-/m1/s1. The van der Waals surface area contributed by atoms with Crippen molar-refractivity contribution >= 4 is 17.8 Å². The topological polar surface area (TPSA) is 95.7 Å². The van der Waals surface area contributed by atoms with Crippen molar-refractivity contribution in [3.63, 3.8) is 0 Å². The minimum Gasteiger partial charge on any atom is -0.368 e. The van der Waals surface area contributed by atoms with Gasteiger partial charge < -0.3 is 15.5 Å². The Kier molecular flexibility index (Phi) is 6.22. The van der Waals surface area contributed by atoms with Gasteiger partial charge in [0.1, 0.15) is 5.54 Å². The van der Waals surface area contributed by atoms with E-state index in [4.69, 9.17) is 5.73 Å². The van der Waals surface area contributed by atoms with Gasteiger partial charge in [-0.05, 0) is 64.6 Å². The number of carbonyl (C=O) groups is 2. The molecular weight excluding hydrogens is 380 g/mol. The zero-order valence-corrected chi connectivity index (χ0v) is 18.1. The first kappa shape index (κ1) is 21.0. The molecule has 4 rings (SSSR count). The van der Waals surface area contributed by atoms with E-state index in [1.165, 1.54) is 6.42 Å². The molecule has 0 aliphatic carbocycles. The minimum absolute atomic E-state index is 0.0427. The van der Waals surface area contributed by atoms with E-state index in [1.54, 1.807) is 6.20 Å². The van der Waals surface area contributed by atoms with E-state index in [-0.39, 0.29) is 17.7 Å². The highest BCUT2D eigenvalue weighted by molar-refractivity contribution is 5.86. The lowest BCUT2D eigenvalue weighted by Crippen LogP contribution is -2.64. The summed E-state index contributed by atoms with van der Waals surface area (Å²) < 4.78 is 0. The van der Waals surface area contributed by atoms with Gasteiger partial charge in [0.15, 0.2) is 0 Å². The van der Waals surface area contributed by atoms with Gasteiger partial charge in [0.25, 0.3) is 0 Å². The van der Waals surface area contributed by atoms with Crippen LogP contribution >= 0.6 is 0 Å². The van der Waals surface area contributed by atoms with E-state index in [1.807, 2.05) is 17.9 Å². The molecule has 0 radical (unpaired) electrons. The number of primary amides is 1. The number of amides is 2. The van der Waals surface area contributed by atoms with Gasteiger partial charge in [-0.3, -0.25) is 14.5 Å². The van der Waals surface area contributed by atoms with Crippen molar-refractivity contribution in [2.24, 2.45) is 11.7 Å². The van der Waals surface area contributed by atoms with Crippen LogP contribution < -0.4 is 10.6 Å². The summed E-state index contributed by atoms with van der Waals surface area (Å²) in [5.74, 6) is 0.643. The molecule has 0 spiro atoms. The molecule has 1 aromatic rings. The highest BCUT2D eigenvalue weighted by atomic mass is 16.2. The Morgan fingerprint density at radius 1 is 1.07 bits per heavy atom. The van der Waals surface area contributed by atoms with E-state index < -0.39 is 5.54 Å². The van der Waals surface area contributed by atoms with Gasteiger partial charge in [-0.1, -0.05) is 6.42 Å². The van der Waals surface area contributed by atoms with Crippen LogP contribution in [0.4, 0.5) is 5.95 Å². The second-order valence-electron chi connectivity index (χ2n) is 9.05. The number of carbonyl (C=O) groups excluding carboxylic acids is 2. The van der Waals surface area contributed by atoms with Crippen LogP contribution in [0.3, 0.4) is 0 Å². The summed E-state index contributed by atoms with van der Waals surface area (Å²) in [6.45, 7) is 6.58. The first-order valence-electron chi connectivity index (χ1n) is 11.4. The second kappa shape index (κ2) is 8.88. The molecule has 0 aromatic carbocycles. The third kappa shape index (κ3) is 4.15. The second-order valence-corrected chi connectivity index (χ2v) is 9.05. The van der Waals surface area contributed by atoms with E-state index in [2.05, 4.69) is 19.8 Å². The quantitative estimate of drug-likeness (QED) is 0.799. The average Bonchev–Trinajstić information content (AvgIpc) is 2.79. The number of likely N-dealkylation sites (tertiary alicyclic amines) is 2. The average molecular weight is 415 g/mol. The summed E-state index contributed by atoms with van der Waals surface area (Å²) in [7, 11) is 0. The highest BCUT2D eigenvalue weighted by Gasteiger charge is 2.46. The maximum absolute atomic E-state index is 13.3. The summed E-state index contributed by atoms with van der Waals surface area (Å²) >= 11 is 0. The first-order valence-corrected chi connectivity index (χ1v) is 11.4. The normalized spacial score (nSPS) is 25.2. The van der Waals surface area contributed by atoms with Gasteiger partial charge in [-0.15, -0.1) is 0 Å². The van der Waals surface area contributed by atoms with Crippen molar-refractivity contribution in [3.8, 4) is 0 Å². The third-order valence-corrected chi connectivity index (χ3v) is 7.16. The maximum Gasteiger partial charge on any atom is 0.238 e. The van der Waals surface area contributed by atoms with Gasteiger partial charge in [0, 0.05) is 38.1 Å². The van der Waals surface area contributed by atoms with E-state index in [0.29, 0.717) is 38.4 Å². The molecular formula is C22H34N6O2. The molecule has 1 aromatic heterocycles. The summed E-state index contributed by atoms with van der Waals surface area (Å²) in [5, 5.41) is 0. The number of aryl methyl sites for hydroxylation is 1. The number of piperidine rings is 3. The Morgan fingerprint density at radius 3 is 2.47 bits per heavy atom. The lowest BCUT2D eigenvalue weighted by Gasteiger charge is -2.48. The predicted molar refractivity (Wildman–Crippen MR) is 115 cm³/mol. The summed E-state index contributed by atoms with van der Waals surface area (Å²) in [6, 6.07) is 1.89. The fraction of sp³-hybridized carbons (Fsp3) is 0.727. The van der Waals surface area contributed by atoms with Crippen molar-refractivity contribution in [2.75, 3.05) is 44.2 Å². The number of nitrogens with two attached hydrogens (primary N) is 1. The van der Waals surface area contributed by atoms with Crippen LogP contribution in [0.2, 0.25) is 0 Å². The molecule has 164 valence electrons. The third-order valence-electron chi connectivity index (χ3n) is 7.16. The maximum atomic E-state index is 13.3. The van der Waals surface area contributed by atoms with Crippen molar-refractivity contribution in [3.05, 3.63) is 18.0 Å². The molecule has 8 heteroatoms. The molecule has 2 N–H and O–H groups in total. The summed E-state index contributed by atoms with van der Waals surface area (Å²) in [6.07, 6.45) is 8.38. The Labute approximate surface area is 178 Å². The lowest BCUT2D eigenvalue weighted by atomic mass is 9.82. The van der Waals surface area contributed by atoms with Gasteiger partial charge in [0.2, 0.25) is 17.8 Å². The SMILES string of the molecule is Cc1ccnc(N2CCC[C@@H](C(=O)N3CCC(C(N)=O)(N4CCCCC4)CC3)C2)n1. The van der Waals surface area contributed by atoms with E-state index in [0.717, 1.165) is 51.0 Å². The zero-order valence-electron chi connectivity index (χ0n) is 18.1. The van der Waals surface area contributed by atoms with Gasteiger partial charge in [-0.2, -0.15) is 0 Å². The summed E-state index contributed by atoms with van der Waals surface area (Å²) in [5.41, 5.74) is 6.24. The van der Waals surface area contributed by atoms with Crippen LogP contribution in [0.15, 0.2) is 12.3 Å². The van der Waals surface area contributed by atoms with Crippen LogP contribution in [0.5, 0.6) is 0 Å². The fourth-order valence-corrected chi connectivity index (χ4v) is 5.34. The predicted octanol–water partition coefficient (Wildman–Crippen LogP) is 1.33. The van der Waals surface area contributed by atoms with Gasteiger partial charge >= 0.3 is 0 Å². The molecule has 3 aliphatic heterocycles. The molecule has 0 unspecified atom stereocenters. The van der Waals surface area contributed by atoms with Crippen LogP contribution in [-0.2, 0) is 9.59 Å². The van der Waals surface area contributed by atoms with Crippen molar-refractivity contribution in [1.82, 2.24) is 19.8 Å². The number of nitrogens with zero attached hydrogens (tertiary/aromatic N) is 5. The zero-order chi connectivity index (χ0) is 21.1. The molecule has 30 heavy (non-hydrogen) atoms. The van der Waals surface area contributed by atoms with Crippen molar-refractivity contribution < 1.29 is 9.59 Å². The summed E-state index contributed by atoms with van der Waals surface area (Å²) in [4.78, 5) is 41.0. The molecule has 2 amide bonds. The first-order chi connectivity index (χ1) is 14.5. The van der Waals surface area contributed by atoms with E-state index in [9.17, 15) is 9.59 Å². The Morgan fingerprint density at radius 2 is 1.80 bits per heavy atom. The number of anilines is 1. The highest BCUT2D eigenvalue weighted by Crippen LogP contribution is 2.33. The lowest BCUT2D eigenvalue weighted by molar-refractivity contribution is -0.144. The molecule has 3 aliphatic rings. The largest absolute Gasteiger partial charge is 0.368 e. The Hall–Kier alpha value is -2.22. The molecule has 8 nitrogen and oxygen atoms in total.